The summed E-state index contributed by atoms with van der Waals surface area (Å²) in [5.41, 5.74) is 0.174. The number of hydrogen-bond donors (Lipinski definition) is 3. The standard InChI is InChI=1S/C9H16N4O4/c1-3-12-9(10-7(4-14)5-15)8(13(16)17)6(2)11-12/h7,10,14-15H,3-5H2,1-2H3. The van der Waals surface area contributed by atoms with Crippen molar-refractivity contribution in [2.45, 2.75) is 26.4 Å². The second kappa shape index (κ2) is 5.60. The van der Waals surface area contributed by atoms with Gasteiger partial charge in [0.15, 0.2) is 0 Å². The van der Waals surface area contributed by atoms with Crippen LogP contribution in [-0.2, 0) is 6.54 Å². The summed E-state index contributed by atoms with van der Waals surface area (Å²) in [4.78, 5) is 10.4. The van der Waals surface area contributed by atoms with Crippen LogP contribution in [0.2, 0.25) is 0 Å². The van der Waals surface area contributed by atoms with Crippen LogP contribution in [0, 0.1) is 17.0 Å². The fourth-order valence-electron chi connectivity index (χ4n) is 1.50. The van der Waals surface area contributed by atoms with Gasteiger partial charge in [0.1, 0.15) is 5.69 Å². The van der Waals surface area contributed by atoms with E-state index < -0.39 is 11.0 Å². The van der Waals surface area contributed by atoms with Crippen molar-refractivity contribution in [2.24, 2.45) is 0 Å². The molecule has 8 nitrogen and oxygen atoms in total. The van der Waals surface area contributed by atoms with E-state index in [2.05, 4.69) is 10.4 Å². The van der Waals surface area contributed by atoms with Crippen molar-refractivity contribution in [1.29, 1.82) is 0 Å². The number of rotatable bonds is 6. The first-order valence-corrected chi connectivity index (χ1v) is 5.25. The first-order valence-electron chi connectivity index (χ1n) is 5.25. The molecule has 0 spiro atoms. The Bertz CT molecular complexity index is 400. The van der Waals surface area contributed by atoms with Crippen LogP contribution in [0.1, 0.15) is 12.6 Å². The molecule has 0 aliphatic heterocycles. The van der Waals surface area contributed by atoms with Crippen LogP contribution in [-0.4, -0.2) is 44.2 Å². The third-order valence-corrected chi connectivity index (χ3v) is 2.36. The number of aryl methyl sites for hydroxylation is 2. The fourth-order valence-corrected chi connectivity index (χ4v) is 1.50. The largest absolute Gasteiger partial charge is 0.394 e. The Kier molecular flexibility index (Phi) is 4.41. The smallest absolute Gasteiger partial charge is 0.333 e. The topological polar surface area (TPSA) is 113 Å². The van der Waals surface area contributed by atoms with Crippen LogP contribution in [0.4, 0.5) is 11.5 Å². The minimum absolute atomic E-state index is 0.126. The molecule has 1 rings (SSSR count). The number of aromatic nitrogens is 2. The molecule has 0 radical (unpaired) electrons. The molecular formula is C9H16N4O4. The average Bonchev–Trinajstić information content (AvgIpc) is 2.62. The Morgan fingerprint density at radius 2 is 2.12 bits per heavy atom. The number of nitro groups is 1. The van der Waals surface area contributed by atoms with Gasteiger partial charge in [0.25, 0.3) is 0 Å². The first kappa shape index (κ1) is 13.4. The molecule has 17 heavy (non-hydrogen) atoms. The van der Waals surface area contributed by atoms with Gasteiger partial charge in [-0.05, 0) is 13.8 Å². The maximum Gasteiger partial charge on any atom is 0.333 e. The van der Waals surface area contributed by atoms with Gasteiger partial charge in [0.2, 0.25) is 5.82 Å². The number of aliphatic hydroxyl groups excluding tert-OH is 2. The Hall–Kier alpha value is -1.67. The van der Waals surface area contributed by atoms with E-state index in [9.17, 15) is 10.1 Å². The number of aliphatic hydroxyl groups is 2. The van der Waals surface area contributed by atoms with E-state index in [-0.39, 0.29) is 24.7 Å². The molecule has 0 bridgehead atoms. The van der Waals surface area contributed by atoms with Crippen LogP contribution in [0.3, 0.4) is 0 Å². The summed E-state index contributed by atoms with van der Waals surface area (Å²) in [6.45, 7) is 3.17. The second-order valence-corrected chi connectivity index (χ2v) is 3.56. The average molecular weight is 244 g/mol. The molecule has 0 aromatic carbocycles. The molecule has 0 saturated heterocycles. The monoisotopic (exact) mass is 244 g/mol. The summed E-state index contributed by atoms with van der Waals surface area (Å²) < 4.78 is 1.44. The SMILES string of the molecule is CCn1nc(C)c([N+](=O)[O-])c1NC(CO)CO. The highest BCUT2D eigenvalue weighted by Crippen LogP contribution is 2.28. The lowest BCUT2D eigenvalue weighted by Crippen LogP contribution is -2.29. The zero-order chi connectivity index (χ0) is 13.0. The molecule has 0 aliphatic rings. The van der Waals surface area contributed by atoms with Gasteiger partial charge in [-0.2, -0.15) is 5.10 Å². The number of anilines is 1. The van der Waals surface area contributed by atoms with Crippen molar-refractivity contribution in [3.05, 3.63) is 15.8 Å². The summed E-state index contributed by atoms with van der Waals surface area (Å²) in [7, 11) is 0. The van der Waals surface area contributed by atoms with Crippen molar-refractivity contribution in [2.75, 3.05) is 18.5 Å². The van der Waals surface area contributed by atoms with Gasteiger partial charge >= 0.3 is 5.69 Å². The maximum absolute atomic E-state index is 10.9. The van der Waals surface area contributed by atoms with Gasteiger partial charge in [0.05, 0.1) is 24.2 Å². The molecule has 1 aromatic rings. The zero-order valence-electron chi connectivity index (χ0n) is 9.75. The van der Waals surface area contributed by atoms with E-state index in [4.69, 9.17) is 10.2 Å². The normalized spacial score (nSPS) is 10.9. The highest BCUT2D eigenvalue weighted by Gasteiger charge is 2.26. The minimum Gasteiger partial charge on any atom is -0.394 e. The maximum atomic E-state index is 10.9. The van der Waals surface area contributed by atoms with Crippen LogP contribution in [0.25, 0.3) is 0 Å². The summed E-state index contributed by atoms with van der Waals surface area (Å²) in [6.07, 6.45) is 0. The van der Waals surface area contributed by atoms with Gasteiger partial charge in [0, 0.05) is 6.54 Å². The highest BCUT2D eigenvalue weighted by atomic mass is 16.6. The zero-order valence-corrected chi connectivity index (χ0v) is 9.75. The molecule has 0 fully saturated rings. The third kappa shape index (κ3) is 2.71. The molecule has 1 aromatic heterocycles. The molecule has 1 heterocycles. The molecular weight excluding hydrogens is 228 g/mol. The van der Waals surface area contributed by atoms with Crippen LogP contribution >= 0.6 is 0 Å². The van der Waals surface area contributed by atoms with E-state index in [1.807, 2.05) is 0 Å². The molecule has 8 heteroatoms. The molecule has 96 valence electrons. The summed E-state index contributed by atoms with van der Waals surface area (Å²) in [5.74, 6) is 0.211. The third-order valence-electron chi connectivity index (χ3n) is 2.36. The van der Waals surface area contributed by atoms with E-state index in [1.165, 1.54) is 4.68 Å². The van der Waals surface area contributed by atoms with E-state index in [0.29, 0.717) is 12.2 Å². The molecule has 0 unspecified atom stereocenters. The summed E-state index contributed by atoms with van der Waals surface area (Å²) in [5, 5.41) is 35.6. The van der Waals surface area contributed by atoms with Crippen LogP contribution < -0.4 is 5.32 Å². The van der Waals surface area contributed by atoms with E-state index in [1.54, 1.807) is 13.8 Å². The van der Waals surface area contributed by atoms with E-state index in [0.717, 1.165) is 0 Å². The predicted octanol–water partition coefficient (Wildman–Crippen LogP) is -0.115. The van der Waals surface area contributed by atoms with Crippen LogP contribution in [0.5, 0.6) is 0 Å². The lowest BCUT2D eigenvalue weighted by molar-refractivity contribution is -0.384. The van der Waals surface area contributed by atoms with Crippen molar-refractivity contribution in [3.63, 3.8) is 0 Å². The molecule has 0 saturated carbocycles. The fraction of sp³-hybridized carbons (Fsp3) is 0.667. The van der Waals surface area contributed by atoms with Crippen molar-refractivity contribution in [1.82, 2.24) is 9.78 Å². The van der Waals surface area contributed by atoms with Gasteiger partial charge in [-0.1, -0.05) is 0 Å². The second-order valence-electron chi connectivity index (χ2n) is 3.56. The van der Waals surface area contributed by atoms with Gasteiger partial charge in [-0.3, -0.25) is 10.1 Å². The quantitative estimate of drug-likeness (QED) is 0.475. The Labute approximate surface area is 98.0 Å². The van der Waals surface area contributed by atoms with E-state index >= 15 is 0 Å². The lowest BCUT2D eigenvalue weighted by Gasteiger charge is -2.14. The predicted molar refractivity (Wildman–Crippen MR) is 60.9 cm³/mol. The van der Waals surface area contributed by atoms with Gasteiger partial charge < -0.3 is 15.5 Å². The Balaban J connectivity index is 3.14. The molecule has 0 aliphatic carbocycles. The van der Waals surface area contributed by atoms with Gasteiger partial charge in [-0.15, -0.1) is 0 Å². The van der Waals surface area contributed by atoms with Crippen molar-refractivity contribution < 1.29 is 15.1 Å². The van der Waals surface area contributed by atoms with Crippen LogP contribution in [0.15, 0.2) is 0 Å². The molecule has 0 atom stereocenters. The minimum atomic E-state index is -0.643. The van der Waals surface area contributed by atoms with Gasteiger partial charge in [-0.25, -0.2) is 4.68 Å². The molecule has 3 N–H and O–H groups in total. The lowest BCUT2D eigenvalue weighted by atomic mass is 10.3. The Morgan fingerprint density at radius 1 is 1.53 bits per heavy atom. The summed E-state index contributed by atoms with van der Waals surface area (Å²) in [6, 6.07) is -0.643. The van der Waals surface area contributed by atoms with Crippen molar-refractivity contribution in [3.8, 4) is 0 Å². The first-order chi connectivity index (χ1) is 8.04. The number of nitrogens with one attached hydrogen (secondary N) is 1. The highest BCUT2D eigenvalue weighted by molar-refractivity contribution is 5.60. The molecule has 0 amide bonds. The van der Waals surface area contributed by atoms with Crippen molar-refractivity contribution >= 4 is 11.5 Å². The Morgan fingerprint density at radius 3 is 2.53 bits per heavy atom. The number of nitrogens with zero attached hydrogens (tertiary/aromatic N) is 3. The summed E-state index contributed by atoms with van der Waals surface area (Å²) >= 11 is 0. The number of hydrogen-bond acceptors (Lipinski definition) is 6.